The van der Waals surface area contributed by atoms with Gasteiger partial charge in [-0.15, -0.1) is 0 Å². The molecule has 0 atom stereocenters. The average molecular weight is 175 g/mol. The van der Waals surface area contributed by atoms with E-state index in [1.165, 1.54) is 11.1 Å². The van der Waals surface area contributed by atoms with Crippen LogP contribution in [0.2, 0.25) is 0 Å². The van der Waals surface area contributed by atoms with E-state index in [-0.39, 0.29) is 0 Å². The Morgan fingerprint density at radius 2 is 0.800 bits per heavy atom. The van der Waals surface area contributed by atoms with Gasteiger partial charge in [-0.3, -0.25) is 0 Å². The Hall–Kier alpha value is -0.460. The molecule has 0 aromatic carbocycles. The molecule has 10 heavy (non-hydrogen) atoms. The SMILES string of the molecule is ClC=CC=CC=CC=CCl. The van der Waals surface area contributed by atoms with Crippen LogP contribution in [0.15, 0.2) is 47.5 Å². The zero-order valence-electron chi connectivity index (χ0n) is 5.37. The summed E-state index contributed by atoms with van der Waals surface area (Å²) in [5.74, 6) is 0. The topological polar surface area (TPSA) is 0 Å². The molecule has 0 aliphatic carbocycles. The number of hydrogen-bond acceptors (Lipinski definition) is 0. The van der Waals surface area contributed by atoms with Crippen molar-refractivity contribution in [3.05, 3.63) is 47.5 Å². The molecule has 0 saturated heterocycles. The van der Waals surface area contributed by atoms with Crippen LogP contribution in [0.1, 0.15) is 0 Å². The predicted molar refractivity (Wildman–Crippen MR) is 48.3 cm³/mol. The molecule has 0 spiro atoms. The maximum absolute atomic E-state index is 5.25. The van der Waals surface area contributed by atoms with Crippen molar-refractivity contribution in [1.82, 2.24) is 0 Å². The minimum atomic E-state index is 1.45. The van der Waals surface area contributed by atoms with Gasteiger partial charge in [0.05, 0.1) is 0 Å². The molecule has 0 nitrogen and oxygen atoms in total. The number of hydrogen-bond donors (Lipinski definition) is 0. The number of rotatable bonds is 3. The van der Waals surface area contributed by atoms with Crippen molar-refractivity contribution in [2.75, 3.05) is 0 Å². The molecule has 2 heteroatoms. The predicted octanol–water partition coefficient (Wildman–Crippen LogP) is 3.60. The monoisotopic (exact) mass is 174 g/mol. The minimum absolute atomic E-state index is 1.45. The van der Waals surface area contributed by atoms with Gasteiger partial charge in [-0.2, -0.15) is 0 Å². The van der Waals surface area contributed by atoms with E-state index in [1.807, 2.05) is 24.3 Å². The van der Waals surface area contributed by atoms with Crippen LogP contribution in [0.5, 0.6) is 0 Å². The molecule has 0 amide bonds. The molecule has 0 radical (unpaired) electrons. The Morgan fingerprint density at radius 1 is 0.500 bits per heavy atom. The van der Waals surface area contributed by atoms with Crippen molar-refractivity contribution in [2.24, 2.45) is 0 Å². The fourth-order valence-corrected chi connectivity index (χ4v) is 0.509. The van der Waals surface area contributed by atoms with E-state index >= 15 is 0 Å². The largest absolute Gasteiger partial charge is 0.0930 e. The Kier molecular flexibility index (Phi) is 8.15. The van der Waals surface area contributed by atoms with Crippen LogP contribution in [-0.4, -0.2) is 0 Å². The fourth-order valence-electron chi connectivity index (χ4n) is 0.341. The first kappa shape index (κ1) is 9.54. The van der Waals surface area contributed by atoms with Gasteiger partial charge >= 0.3 is 0 Å². The van der Waals surface area contributed by atoms with Crippen LogP contribution >= 0.6 is 23.2 Å². The summed E-state index contributed by atoms with van der Waals surface area (Å²) in [7, 11) is 0. The Morgan fingerprint density at radius 3 is 1.10 bits per heavy atom. The van der Waals surface area contributed by atoms with Gasteiger partial charge in [0.25, 0.3) is 0 Å². The highest BCUT2D eigenvalue weighted by atomic mass is 35.5. The van der Waals surface area contributed by atoms with Gasteiger partial charge in [0.15, 0.2) is 0 Å². The van der Waals surface area contributed by atoms with Crippen LogP contribution in [0.25, 0.3) is 0 Å². The lowest BCUT2D eigenvalue weighted by Crippen LogP contribution is -1.47. The first-order chi connectivity index (χ1) is 4.91. The Bertz CT molecular complexity index is 144. The van der Waals surface area contributed by atoms with Crippen molar-refractivity contribution >= 4 is 23.2 Å². The summed E-state index contributed by atoms with van der Waals surface area (Å²) < 4.78 is 0. The maximum atomic E-state index is 5.25. The molecule has 0 aromatic rings. The first-order valence-corrected chi connectivity index (χ1v) is 3.64. The van der Waals surface area contributed by atoms with Crippen molar-refractivity contribution < 1.29 is 0 Å². The molecule has 0 unspecified atom stereocenters. The van der Waals surface area contributed by atoms with E-state index in [1.54, 1.807) is 12.2 Å². The van der Waals surface area contributed by atoms with Crippen LogP contribution in [0, 0.1) is 0 Å². The van der Waals surface area contributed by atoms with Gasteiger partial charge < -0.3 is 0 Å². The van der Waals surface area contributed by atoms with Crippen molar-refractivity contribution in [3.63, 3.8) is 0 Å². The highest BCUT2D eigenvalue weighted by molar-refractivity contribution is 6.25. The van der Waals surface area contributed by atoms with Gasteiger partial charge in [0, 0.05) is 11.1 Å². The second-order valence-corrected chi connectivity index (χ2v) is 1.91. The third-order valence-corrected chi connectivity index (χ3v) is 0.992. The molecule has 0 aliphatic heterocycles. The van der Waals surface area contributed by atoms with E-state index in [9.17, 15) is 0 Å². The van der Waals surface area contributed by atoms with E-state index < -0.39 is 0 Å². The lowest BCUT2D eigenvalue weighted by molar-refractivity contribution is 1.90. The van der Waals surface area contributed by atoms with Gasteiger partial charge in [0.2, 0.25) is 0 Å². The molecular weight excluding hydrogens is 167 g/mol. The molecule has 0 N–H and O–H groups in total. The number of halogens is 2. The second kappa shape index (κ2) is 8.54. The van der Waals surface area contributed by atoms with Crippen LogP contribution in [-0.2, 0) is 0 Å². The summed E-state index contributed by atoms with van der Waals surface area (Å²) in [5.41, 5.74) is 2.89. The van der Waals surface area contributed by atoms with E-state index in [4.69, 9.17) is 23.2 Å². The molecule has 0 aliphatic rings. The van der Waals surface area contributed by atoms with Crippen molar-refractivity contribution in [1.29, 1.82) is 0 Å². The van der Waals surface area contributed by atoms with Gasteiger partial charge in [-0.25, -0.2) is 0 Å². The summed E-state index contributed by atoms with van der Waals surface area (Å²) in [5, 5.41) is 0. The number of allylic oxidation sites excluding steroid dienone is 6. The van der Waals surface area contributed by atoms with E-state index in [2.05, 4.69) is 0 Å². The highest BCUT2D eigenvalue weighted by Crippen LogP contribution is 1.84. The zero-order valence-corrected chi connectivity index (χ0v) is 6.89. The van der Waals surface area contributed by atoms with E-state index in [0.717, 1.165) is 0 Å². The van der Waals surface area contributed by atoms with E-state index in [0.29, 0.717) is 0 Å². The summed E-state index contributed by atoms with van der Waals surface area (Å²) in [6, 6.07) is 0. The molecule has 0 saturated carbocycles. The summed E-state index contributed by atoms with van der Waals surface area (Å²) in [4.78, 5) is 0. The van der Waals surface area contributed by atoms with Gasteiger partial charge in [-0.05, 0) is 0 Å². The third-order valence-electron chi connectivity index (χ3n) is 0.701. The average Bonchev–Trinajstić information content (AvgIpc) is 1.97. The Balaban J connectivity index is 3.51. The maximum Gasteiger partial charge on any atom is 0.00424 e. The van der Waals surface area contributed by atoms with Gasteiger partial charge in [0.1, 0.15) is 0 Å². The standard InChI is InChI=1S/C8H8Cl2/c9-7-5-3-1-2-4-6-8-10/h1-8H. The van der Waals surface area contributed by atoms with Crippen LogP contribution < -0.4 is 0 Å². The fraction of sp³-hybridized carbons (Fsp3) is 0. The van der Waals surface area contributed by atoms with Crippen molar-refractivity contribution in [3.8, 4) is 0 Å². The molecule has 54 valence electrons. The summed E-state index contributed by atoms with van der Waals surface area (Å²) in [6.07, 6.45) is 10.8. The quantitative estimate of drug-likeness (QED) is 0.574. The summed E-state index contributed by atoms with van der Waals surface area (Å²) in [6.45, 7) is 0. The van der Waals surface area contributed by atoms with Crippen molar-refractivity contribution in [2.45, 2.75) is 0 Å². The lowest BCUT2D eigenvalue weighted by atomic mass is 10.4. The smallest absolute Gasteiger partial charge is 0.00424 e. The molecule has 0 fully saturated rings. The highest BCUT2D eigenvalue weighted by Gasteiger charge is 1.59. The molecular formula is C8H8Cl2. The van der Waals surface area contributed by atoms with Gasteiger partial charge in [-0.1, -0.05) is 59.7 Å². The molecule has 0 heterocycles. The molecule has 0 bridgehead atoms. The first-order valence-electron chi connectivity index (χ1n) is 2.77. The molecule has 0 aromatic heterocycles. The minimum Gasteiger partial charge on any atom is -0.0930 e. The molecule has 0 rings (SSSR count). The van der Waals surface area contributed by atoms with Crippen LogP contribution in [0.4, 0.5) is 0 Å². The third kappa shape index (κ3) is 7.54. The summed E-state index contributed by atoms with van der Waals surface area (Å²) >= 11 is 10.5. The second-order valence-electron chi connectivity index (χ2n) is 1.41. The lowest BCUT2D eigenvalue weighted by Gasteiger charge is -1.70. The normalized spacial score (nSPS) is 13.4. The zero-order chi connectivity index (χ0) is 7.66. The van der Waals surface area contributed by atoms with Crippen LogP contribution in [0.3, 0.4) is 0 Å². The Labute approximate surface area is 71.1 Å².